The summed E-state index contributed by atoms with van der Waals surface area (Å²) in [5.41, 5.74) is 2.62. The minimum absolute atomic E-state index is 0.101. The molecule has 0 radical (unpaired) electrons. The lowest BCUT2D eigenvalue weighted by Crippen LogP contribution is -2.54. The number of hydrogen-bond acceptors (Lipinski definition) is 5. The van der Waals surface area contributed by atoms with E-state index in [1.54, 1.807) is 17.0 Å². The Morgan fingerprint density at radius 1 is 0.914 bits per heavy atom. The summed E-state index contributed by atoms with van der Waals surface area (Å²) in [6.07, 6.45) is 0. The lowest BCUT2D eigenvalue weighted by molar-refractivity contribution is 0.0668. The summed E-state index contributed by atoms with van der Waals surface area (Å²) in [7, 11) is 0. The van der Waals surface area contributed by atoms with Gasteiger partial charge in [0.05, 0.1) is 11.1 Å². The van der Waals surface area contributed by atoms with E-state index in [9.17, 15) is 9.18 Å². The number of para-hydroxylation sites is 1. The Morgan fingerprint density at radius 2 is 1.66 bits per heavy atom. The Balaban J connectivity index is 1.41. The number of hydrogen-bond donors (Lipinski definition) is 0. The van der Waals surface area contributed by atoms with Gasteiger partial charge in [-0.25, -0.2) is 13.8 Å². The quantitative estimate of drug-likeness (QED) is 0.394. The summed E-state index contributed by atoms with van der Waals surface area (Å²) in [6, 6.07) is 23.8. The topological polar surface area (TPSA) is 66.6 Å². The van der Waals surface area contributed by atoms with Gasteiger partial charge in [-0.15, -0.1) is 10.2 Å². The fourth-order valence-electron chi connectivity index (χ4n) is 4.78. The molecule has 1 saturated heterocycles. The zero-order valence-electron chi connectivity index (χ0n) is 19.2. The lowest BCUT2D eigenvalue weighted by atomic mass is 10.1. The molecular formula is C27H23FN6O. The van der Waals surface area contributed by atoms with Crippen LogP contribution >= 0.6 is 0 Å². The number of carbonyl (C=O) groups excluding carboxylic acids is 1. The van der Waals surface area contributed by atoms with Crippen molar-refractivity contribution in [1.82, 2.24) is 24.5 Å². The molecule has 3 heterocycles. The molecule has 3 aromatic carbocycles. The van der Waals surface area contributed by atoms with Crippen molar-refractivity contribution in [3.05, 3.63) is 90.2 Å². The second-order valence-corrected chi connectivity index (χ2v) is 8.75. The van der Waals surface area contributed by atoms with Crippen molar-refractivity contribution < 1.29 is 9.18 Å². The third-order valence-electron chi connectivity index (χ3n) is 6.54. The monoisotopic (exact) mass is 466 g/mol. The van der Waals surface area contributed by atoms with Crippen molar-refractivity contribution in [2.75, 3.05) is 24.5 Å². The molecule has 6 rings (SSSR count). The van der Waals surface area contributed by atoms with E-state index in [1.807, 2.05) is 65.9 Å². The summed E-state index contributed by atoms with van der Waals surface area (Å²) < 4.78 is 16.3. The molecule has 5 aromatic rings. The Kier molecular flexibility index (Phi) is 5.13. The highest BCUT2D eigenvalue weighted by molar-refractivity contribution is 5.95. The van der Waals surface area contributed by atoms with Crippen LogP contribution in [0.4, 0.5) is 10.3 Å². The number of nitrogens with zero attached hydrogens (tertiary/aromatic N) is 6. The standard InChI is InChI=1S/C27H23FN6O/c1-18-17-32(15-16-33(18)26(35)20-11-5-7-13-22(20)28)27-29-23-14-8-6-12-21(23)25-31-30-24(34(25)27)19-9-3-2-4-10-19/h2-14,18H,15-17H2,1H3. The third-order valence-corrected chi connectivity index (χ3v) is 6.54. The van der Waals surface area contributed by atoms with E-state index >= 15 is 0 Å². The van der Waals surface area contributed by atoms with Gasteiger partial charge in [0.1, 0.15) is 5.82 Å². The molecule has 0 spiro atoms. The zero-order valence-corrected chi connectivity index (χ0v) is 19.2. The van der Waals surface area contributed by atoms with Crippen molar-refractivity contribution in [2.45, 2.75) is 13.0 Å². The first-order chi connectivity index (χ1) is 17.1. The van der Waals surface area contributed by atoms with Crippen molar-refractivity contribution in [3.63, 3.8) is 0 Å². The smallest absolute Gasteiger partial charge is 0.257 e. The Bertz CT molecular complexity index is 1550. The number of benzene rings is 3. The van der Waals surface area contributed by atoms with Crippen LogP contribution in [-0.4, -0.2) is 56.1 Å². The summed E-state index contributed by atoms with van der Waals surface area (Å²) in [5.74, 6) is 0.655. The van der Waals surface area contributed by atoms with Crippen LogP contribution in [0, 0.1) is 5.82 Å². The van der Waals surface area contributed by atoms with Crippen molar-refractivity contribution in [3.8, 4) is 11.4 Å². The SMILES string of the molecule is CC1CN(c2nc3ccccc3c3nnc(-c4ccccc4)n23)CCN1C(=O)c1ccccc1F. The number of aromatic nitrogens is 4. The van der Waals surface area contributed by atoms with Gasteiger partial charge >= 0.3 is 0 Å². The van der Waals surface area contributed by atoms with Crippen LogP contribution in [0.15, 0.2) is 78.9 Å². The first kappa shape index (κ1) is 21.2. The number of anilines is 1. The summed E-state index contributed by atoms with van der Waals surface area (Å²) >= 11 is 0. The largest absolute Gasteiger partial charge is 0.338 e. The predicted molar refractivity (Wildman–Crippen MR) is 133 cm³/mol. The van der Waals surface area contributed by atoms with Gasteiger partial charge in [-0.2, -0.15) is 0 Å². The van der Waals surface area contributed by atoms with Crippen LogP contribution < -0.4 is 4.90 Å². The van der Waals surface area contributed by atoms with Crippen LogP contribution in [0.25, 0.3) is 27.9 Å². The molecule has 1 amide bonds. The molecule has 1 aliphatic rings. The molecule has 35 heavy (non-hydrogen) atoms. The highest BCUT2D eigenvalue weighted by Gasteiger charge is 2.31. The second kappa shape index (κ2) is 8.47. The van der Waals surface area contributed by atoms with Gasteiger partial charge in [-0.3, -0.25) is 4.79 Å². The van der Waals surface area contributed by atoms with Gasteiger partial charge in [0, 0.05) is 36.6 Å². The van der Waals surface area contributed by atoms with Gasteiger partial charge in [0.25, 0.3) is 5.91 Å². The number of fused-ring (bicyclic) bond motifs is 3. The van der Waals surface area contributed by atoms with Crippen LogP contribution in [-0.2, 0) is 0 Å². The molecule has 0 bridgehead atoms. The van der Waals surface area contributed by atoms with E-state index < -0.39 is 5.82 Å². The Morgan fingerprint density at radius 3 is 2.46 bits per heavy atom. The molecule has 2 aromatic heterocycles. The summed E-state index contributed by atoms with van der Waals surface area (Å²) in [5, 5.41) is 9.98. The first-order valence-corrected chi connectivity index (χ1v) is 11.6. The number of amides is 1. The average molecular weight is 467 g/mol. The van der Waals surface area contributed by atoms with Gasteiger partial charge in [0.2, 0.25) is 5.95 Å². The summed E-state index contributed by atoms with van der Waals surface area (Å²) in [6.45, 7) is 3.53. The van der Waals surface area contributed by atoms with E-state index in [0.29, 0.717) is 25.5 Å². The van der Waals surface area contributed by atoms with Crippen LogP contribution in [0.2, 0.25) is 0 Å². The van der Waals surface area contributed by atoms with E-state index in [4.69, 9.17) is 4.98 Å². The highest BCUT2D eigenvalue weighted by Crippen LogP contribution is 2.29. The molecule has 1 fully saturated rings. The number of carbonyl (C=O) groups is 1. The van der Waals surface area contributed by atoms with Gasteiger partial charge in [-0.05, 0) is 31.2 Å². The average Bonchev–Trinajstić information content (AvgIpc) is 3.34. The van der Waals surface area contributed by atoms with Crippen molar-refractivity contribution in [1.29, 1.82) is 0 Å². The molecule has 8 heteroatoms. The molecule has 0 N–H and O–H groups in total. The molecular weight excluding hydrogens is 443 g/mol. The van der Waals surface area contributed by atoms with Crippen LogP contribution in [0.5, 0.6) is 0 Å². The van der Waals surface area contributed by atoms with Crippen molar-refractivity contribution >= 4 is 28.4 Å². The minimum atomic E-state index is -0.498. The van der Waals surface area contributed by atoms with Crippen LogP contribution in [0.3, 0.4) is 0 Å². The van der Waals surface area contributed by atoms with E-state index in [0.717, 1.165) is 28.1 Å². The molecule has 0 saturated carbocycles. The minimum Gasteiger partial charge on any atom is -0.338 e. The van der Waals surface area contributed by atoms with Gasteiger partial charge in [-0.1, -0.05) is 54.6 Å². The van der Waals surface area contributed by atoms with Crippen LogP contribution in [0.1, 0.15) is 17.3 Å². The van der Waals surface area contributed by atoms with Gasteiger partial charge in [0.15, 0.2) is 11.5 Å². The fraction of sp³-hybridized carbons (Fsp3) is 0.185. The second-order valence-electron chi connectivity index (χ2n) is 8.75. The molecule has 1 aliphatic heterocycles. The zero-order chi connectivity index (χ0) is 23.9. The fourth-order valence-corrected chi connectivity index (χ4v) is 4.78. The number of halogens is 1. The predicted octanol–water partition coefficient (Wildman–Crippen LogP) is 4.43. The lowest BCUT2D eigenvalue weighted by Gasteiger charge is -2.40. The van der Waals surface area contributed by atoms with E-state index in [2.05, 4.69) is 15.1 Å². The Labute approximate surface area is 201 Å². The third kappa shape index (κ3) is 3.58. The molecule has 0 aliphatic carbocycles. The molecule has 7 nitrogen and oxygen atoms in total. The Hall–Kier alpha value is -4.33. The van der Waals surface area contributed by atoms with Gasteiger partial charge < -0.3 is 9.80 Å². The van der Waals surface area contributed by atoms with E-state index in [-0.39, 0.29) is 17.5 Å². The molecule has 1 atom stereocenters. The maximum atomic E-state index is 14.3. The maximum Gasteiger partial charge on any atom is 0.257 e. The number of rotatable bonds is 3. The van der Waals surface area contributed by atoms with E-state index in [1.165, 1.54) is 12.1 Å². The first-order valence-electron chi connectivity index (χ1n) is 11.6. The number of piperazine rings is 1. The van der Waals surface area contributed by atoms with Crippen molar-refractivity contribution in [2.24, 2.45) is 0 Å². The highest BCUT2D eigenvalue weighted by atomic mass is 19.1. The molecule has 1 unspecified atom stereocenters. The maximum absolute atomic E-state index is 14.3. The normalized spacial score (nSPS) is 16.2. The molecule has 174 valence electrons. The summed E-state index contributed by atoms with van der Waals surface area (Å²) in [4.78, 5) is 22.0.